The van der Waals surface area contributed by atoms with E-state index in [2.05, 4.69) is 37.5 Å². The van der Waals surface area contributed by atoms with Crippen molar-refractivity contribution in [2.45, 2.75) is 52.0 Å². The highest BCUT2D eigenvalue weighted by atomic mass is 16.3. The maximum Gasteiger partial charge on any atom is 0.101 e. The zero-order valence-electron chi connectivity index (χ0n) is 12.1. The van der Waals surface area contributed by atoms with Crippen molar-refractivity contribution in [1.29, 1.82) is 0 Å². The van der Waals surface area contributed by atoms with Gasteiger partial charge in [-0.1, -0.05) is 39.8 Å². The fourth-order valence-electron chi connectivity index (χ4n) is 2.83. The second-order valence-corrected chi connectivity index (χ2v) is 4.79. The summed E-state index contributed by atoms with van der Waals surface area (Å²) in [4.78, 5) is 4.34. The fourth-order valence-corrected chi connectivity index (χ4v) is 2.83. The van der Waals surface area contributed by atoms with E-state index in [4.69, 9.17) is 0 Å². The summed E-state index contributed by atoms with van der Waals surface area (Å²) in [5, 5.41) is 20.6. The first-order chi connectivity index (χ1) is 8.60. The van der Waals surface area contributed by atoms with Crippen molar-refractivity contribution in [2.75, 3.05) is 26.2 Å². The molecule has 0 spiro atoms. The first-order valence-electron chi connectivity index (χ1n) is 7.13. The van der Waals surface area contributed by atoms with Gasteiger partial charge in [0.1, 0.15) is 12.2 Å². The van der Waals surface area contributed by atoms with Gasteiger partial charge in [0.15, 0.2) is 0 Å². The summed E-state index contributed by atoms with van der Waals surface area (Å²) in [5.74, 6) is 0. The molecule has 1 aliphatic rings. The normalized spacial score (nSPS) is 32.4. The third-order valence-corrected chi connectivity index (χ3v) is 4.02. The van der Waals surface area contributed by atoms with Gasteiger partial charge in [-0.3, -0.25) is 9.80 Å². The molecule has 0 saturated carbocycles. The smallest absolute Gasteiger partial charge is 0.101 e. The lowest BCUT2D eigenvalue weighted by Gasteiger charge is -2.42. The lowest BCUT2D eigenvalue weighted by molar-refractivity contribution is -0.0598. The summed E-state index contributed by atoms with van der Waals surface area (Å²) in [6, 6.07) is -0.136. The third kappa shape index (κ3) is 3.12. The molecule has 2 N–H and O–H groups in total. The first kappa shape index (κ1) is 15.6. The van der Waals surface area contributed by atoms with E-state index in [0.717, 1.165) is 26.2 Å². The van der Waals surface area contributed by atoms with Crippen molar-refractivity contribution in [2.24, 2.45) is 0 Å². The Labute approximate surface area is 111 Å². The van der Waals surface area contributed by atoms with Gasteiger partial charge < -0.3 is 10.2 Å². The zero-order valence-corrected chi connectivity index (χ0v) is 12.1. The van der Waals surface area contributed by atoms with Gasteiger partial charge in [0.2, 0.25) is 0 Å². The standard InChI is InChI=1S/C14H28N2O2/c1-5-15(6-2)11-9-10-12(14(18)13(11)17)16(7-3)8-4/h9-14,17-18H,5-8H2,1-4H3. The summed E-state index contributed by atoms with van der Waals surface area (Å²) in [6.07, 6.45) is 2.68. The number of aliphatic hydroxyl groups excluding tert-OH is 2. The Morgan fingerprint density at radius 3 is 1.22 bits per heavy atom. The van der Waals surface area contributed by atoms with E-state index in [1.54, 1.807) is 0 Å². The van der Waals surface area contributed by atoms with Crippen LogP contribution in [0.2, 0.25) is 0 Å². The molecule has 0 aromatic carbocycles. The number of hydrogen-bond donors (Lipinski definition) is 2. The minimum atomic E-state index is -0.708. The average Bonchev–Trinajstić information content (AvgIpc) is 2.39. The second kappa shape index (κ2) is 7.24. The van der Waals surface area contributed by atoms with Crippen LogP contribution in [0.25, 0.3) is 0 Å². The zero-order chi connectivity index (χ0) is 13.7. The van der Waals surface area contributed by atoms with Gasteiger partial charge in [-0.2, -0.15) is 0 Å². The van der Waals surface area contributed by atoms with E-state index in [9.17, 15) is 10.2 Å². The number of rotatable bonds is 6. The number of nitrogens with zero attached hydrogens (tertiary/aromatic N) is 2. The highest BCUT2D eigenvalue weighted by molar-refractivity contribution is 5.14. The Morgan fingerprint density at radius 1 is 0.722 bits per heavy atom. The van der Waals surface area contributed by atoms with E-state index in [1.165, 1.54) is 0 Å². The lowest BCUT2D eigenvalue weighted by Crippen LogP contribution is -2.57. The summed E-state index contributed by atoms with van der Waals surface area (Å²) < 4.78 is 0. The molecule has 18 heavy (non-hydrogen) atoms. The van der Waals surface area contributed by atoms with E-state index < -0.39 is 12.2 Å². The van der Waals surface area contributed by atoms with Crippen LogP contribution in [0.3, 0.4) is 0 Å². The van der Waals surface area contributed by atoms with Crippen LogP contribution in [0.1, 0.15) is 27.7 Å². The van der Waals surface area contributed by atoms with Crippen LogP contribution in [0.5, 0.6) is 0 Å². The first-order valence-corrected chi connectivity index (χ1v) is 7.13. The molecule has 0 amide bonds. The topological polar surface area (TPSA) is 46.9 Å². The monoisotopic (exact) mass is 256 g/mol. The van der Waals surface area contributed by atoms with Gasteiger partial charge >= 0.3 is 0 Å². The molecule has 0 aliphatic heterocycles. The highest BCUT2D eigenvalue weighted by Gasteiger charge is 2.37. The molecule has 4 heteroatoms. The molecule has 1 rings (SSSR count). The minimum Gasteiger partial charge on any atom is -0.388 e. The van der Waals surface area contributed by atoms with Gasteiger partial charge in [-0.15, -0.1) is 0 Å². The maximum absolute atomic E-state index is 10.3. The van der Waals surface area contributed by atoms with Crippen molar-refractivity contribution < 1.29 is 10.2 Å². The number of aliphatic hydroxyl groups is 2. The molecular formula is C14H28N2O2. The fraction of sp³-hybridized carbons (Fsp3) is 0.857. The van der Waals surface area contributed by atoms with Gasteiger partial charge in [0.05, 0.1) is 12.1 Å². The van der Waals surface area contributed by atoms with Crippen LogP contribution < -0.4 is 0 Å². The van der Waals surface area contributed by atoms with Crippen LogP contribution in [-0.2, 0) is 0 Å². The van der Waals surface area contributed by atoms with Crippen molar-refractivity contribution in [3.63, 3.8) is 0 Å². The quantitative estimate of drug-likeness (QED) is 0.687. The van der Waals surface area contributed by atoms with Crippen molar-refractivity contribution in [1.82, 2.24) is 9.80 Å². The number of hydrogen-bond acceptors (Lipinski definition) is 4. The van der Waals surface area contributed by atoms with E-state index in [1.807, 2.05) is 12.2 Å². The van der Waals surface area contributed by atoms with Crippen LogP contribution in [0.4, 0.5) is 0 Å². The molecular weight excluding hydrogens is 228 g/mol. The maximum atomic E-state index is 10.3. The summed E-state index contributed by atoms with van der Waals surface area (Å²) in [7, 11) is 0. The molecule has 0 heterocycles. The Morgan fingerprint density at radius 2 is 1.00 bits per heavy atom. The molecule has 0 aromatic rings. The Hall–Kier alpha value is -0.420. The van der Waals surface area contributed by atoms with E-state index in [0.29, 0.717) is 0 Å². The Bertz CT molecular complexity index is 237. The summed E-state index contributed by atoms with van der Waals surface area (Å²) in [5.41, 5.74) is 0. The molecule has 0 aromatic heterocycles. The average molecular weight is 256 g/mol. The summed E-state index contributed by atoms with van der Waals surface area (Å²) in [6.45, 7) is 11.8. The lowest BCUT2D eigenvalue weighted by atomic mass is 9.90. The molecule has 1 aliphatic carbocycles. The van der Waals surface area contributed by atoms with Crippen LogP contribution in [0, 0.1) is 0 Å². The predicted octanol–water partition coefficient (Wildman–Crippen LogP) is 0.699. The highest BCUT2D eigenvalue weighted by Crippen LogP contribution is 2.22. The van der Waals surface area contributed by atoms with Crippen molar-refractivity contribution >= 4 is 0 Å². The molecule has 0 saturated heterocycles. The minimum absolute atomic E-state index is 0.0678. The molecule has 106 valence electrons. The largest absolute Gasteiger partial charge is 0.388 e. The Balaban J connectivity index is 2.84. The predicted molar refractivity (Wildman–Crippen MR) is 74.6 cm³/mol. The van der Waals surface area contributed by atoms with Crippen molar-refractivity contribution in [3.05, 3.63) is 12.2 Å². The van der Waals surface area contributed by atoms with Gasteiger partial charge in [-0.25, -0.2) is 0 Å². The van der Waals surface area contributed by atoms with Crippen LogP contribution in [-0.4, -0.2) is 70.5 Å². The molecule has 4 unspecified atom stereocenters. The van der Waals surface area contributed by atoms with Gasteiger partial charge in [0.25, 0.3) is 0 Å². The second-order valence-electron chi connectivity index (χ2n) is 4.79. The Kier molecular flexibility index (Phi) is 6.29. The van der Waals surface area contributed by atoms with Crippen LogP contribution in [0.15, 0.2) is 12.2 Å². The van der Waals surface area contributed by atoms with Crippen LogP contribution >= 0.6 is 0 Å². The van der Waals surface area contributed by atoms with E-state index in [-0.39, 0.29) is 12.1 Å². The summed E-state index contributed by atoms with van der Waals surface area (Å²) >= 11 is 0. The molecule has 0 fully saturated rings. The molecule has 4 nitrogen and oxygen atoms in total. The van der Waals surface area contributed by atoms with Gasteiger partial charge in [0, 0.05) is 0 Å². The van der Waals surface area contributed by atoms with E-state index >= 15 is 0 Å². The molecule has 0 radical (unpaired) electrons. The molecule has 4 atom stereocenters. The van der Waals surface area contributed by atoms with Gasteiger partial charge in [-0.05, 0) is 26.2 Å². The SMILES string of the molecule is CCN(CC)C1C=CC(N(CC)CC)C(O)C1O. The van der Waals surface area contributed by atoms with Crippen molar-refractivity contribution in [3.8, 4) is 0 Å². The molecule has 0 bridgehead atoms. The number of likely N-dealkylation sites (N-methyl/N-ethyl adjacent to an activating group) is 2. The third-order valence-electron chi connectivity index (χ3n) is 4.02.